The zero-order valence-corrected chi connectivity index (χ0v) is 6.82. The third kappa shape index (κ3) is 1.51. The summed E-state index contributed by atoms with van der Waals surface area (Å²) in [6.07, 6.45) is 3.75. The summed E-state index contributed by atoms with van der Waals surface area (Å²) in [6, 6.07) is 1.81. The van der Waals surface area contributed by atoms with E-state index in [0.29, 0.717) is 12.2 Å². The Morgan fingerprint density at radius 2 is 2.58 bits per heavy atom. The number of carbonyl (C=O) groups is 1. The van der Waals surface area contributed by atoms with Crippen molar-refractivity contribution in [3.8, 4) is 6.07 Å². The molecule has 62 valence electrons. The van der Waals surface area contributed by atoms with E-state index in [1.54, 1.807) is 12.4 Å². The molecule has 0 saturated carbocycles. The Morgan fingerprint density at radius 3 is 3.17 bits per heavy atom. The average Bonchev–Trinajstić information content (AvgIpc) is 2.51. The van der Waals surface area contributed by atoms with E-state index in [4.69, 9.17) is 5.26 Å². The number of hydrogen-bond acceptors (Lipinski definition) is 3. The van der Waals surface area contributed by atoms with E-state index in [-0.39, 0.29) is 12.3 Å². The van der Waals surface area contributed by atoms with Crippen LogP contribution >= 0.6 is 0 Å². The van der Waals surface area contributed by atoms with Crippen molar-refractivity contribution < 1.29 is 4.79 Å². The highest BCUT2D eigenvalue weighted by Crippen LogP contribution is 1.99. The zero-order chi connectivity index (χ0) is 8.97. The molecule has 0 amide bonds. The molecule has 0 aliphatic heterocycles. The van der Waals surface area contributed by atoms with Gasteiger partial charge in [-0.25, -0.2) is 4.98 Å². The maximum Gasteiger partial charge on any atom is 0.246 e. The molecule has 4 heteroatoms. The molecule has 0 spiro atoms. The SMILES string of the molecule is CCc1nccn1C(=O)CC#N. The van der Waals surface area contributed by atoms with Crippen molar-refractivity contribution >= 4 is 5.91 Å². The molecule has 1 aromatic heterocycles. The van der Waals surface area contributed by atoms with Gasteiger partial charge in [0, 0.05) is 18.8 Å². The Bertz CT molecular complexity index is 321. The van der Waals surface area contributed by atoms with Crippen LogP contribution in [-0.4, -0.2) is 15.5 Å². The Balaban J connectivity index is 2.88. The smallest absolute Gasteiger partial charge is 0.246 e. The minimum atomic E-state index is -0.216. The summed E-state index contributed by atoms with van der Waals surface area (Å²) < 4.78 is 1.42. The van der Waals surface area contributed by atoms with Crippen LogP contribution in [0.2, 0.25) is 0 Å². The van der Waals surface area contributed by atoms with E-state index >= 15 is 0 Å². The van der Waals surface area contributed by atoms with Crippen LogP contribution in [0, 0.1) is 11.3 Å². The molecular weight excluding hydrogens is 154 g/mol. The molecule has 0 aromatic carbocycles. The van der Waals surface area contributed by atoms with E-state index in [1.165, 1.54) is 4.57 Å². The second-order valence-corrected chi connectivity index (χ2v) is 2.30. The first kappa shape index (κ1) is 8.47. The molecule has 0 aliphatic carbocycles. The van der Waals surface area contributed by atoms with Gasteiger partial charge in [0.2, 0.25) is 5.91 Å². The van der Waals surface area contributed by atoms with Gasteiger partial charge in [0.15, 0.2) is 0 Å². The molecule has 0 unspecified atom stereocenters. The first-order valence-corrected chi connectivity index (χ1v) is 3.72. The fraction of sp³-hybridized carbons (Fsp3) is 0.375. The minimum Gasteiger partial charge on any atom is -0.273 e. The van der Waals surface area contributed by atoms with Crippen molar-refractivity contribution in [1.82, 2.24) is 9.55 Å². The normalized spacial score (nSPS) is 9.33. The monoisotopic (exact) mass is 163 g/mol. The highest BCUT2D eigenvalue weighted by atomic mass is 16.2. The van der Waals surface area contributed by atoms with Gasteiger partial charge in [-0.3, -0.25) is 9.36 Å². The van der Waals surface area contributed by atoms with Gasteiger partial charge in [0.05, 0.1) is 6.07 Å². The van der Waals surface area contributed by atoms with Crippen molar-refractivity contribution in [2.45, 2.75) is 19.8 Å². The van der Waals surface area contributed by atoms with Crippen molar-refractivity contribution in [1.29, 1.82) is 5.26 Å². The maximum absolute atomic E-state index is 11.2. The van der Waals surface area contributed by atoms with Gasteiger partial charge in [-0.15, -0.1) is 0 Å². The number of rotatable bonds is 2. The fourth-order valence-electron chi connectivity index (χ4n) is 0.976. The van der Waals surface area contributed by atoms with Crippen LogP contribution in [0.5, 0.6) is 0 Å². The highest BCUT2D eigenvalue weighted by molar-refractivity contribution is 5.81. The Labute approximate surface area is 70.4 Å². The number of hydrogen-bond donors (Lipinski definition) is 0. The number of imidazole rings is 1. The standard InChI is InChI=1S/C8H9N3O/c1-2-7-10-5-6-11(7)8(12)3-4-9/h5-6H,2-3H2,1H3. The summed E-state index contributed by atoms with van der Waals surface area (Å²) in [5.74, 6) is 0.488. The molecule has 12 heavy (non-hydrogen) atoms. The Hall–Kier alpha value is -1.63. The first-order chi connectivity index (χ1) is 5.79. The van der Waals surface area contributed by atoms with Gasteiger partial charge < -0.3 is 0 Å². The number of carbonyl (C=O) groups excluding carboxylic acids is 1. The molecule has 4 nitrogen and oxygen atoms in total. The van der Waals surface area contributed by atoms with Crippen LogP contribution in [0.4, 0.5) is 0 Å². The lowest BCUT2D eigenvalue weighted by Crippen LogP contribution is -2.11. The molecule has 0 aliphatic rings. The van der Waals surface area contributed by atoms with Crippen molar-refractivity contribution in [2.75, 3.05) is 0 Å². The van der Waals surface area contributed by atoms with Gasteiger partial charge in [0.25, 0.3) is 0 Å². The maximum atomic E-state index is 11.2. The summed E-state index contributed by atoms with van der Waals surface area (Å²) >= 11 is 0. The Kier molecular flexibility index (Phi) is 2.59. The van der Waals surface area contributed by atoms with E-state index in [0.717, 1.165) is 0 Å². The van der Waals surface area contributed by atoms with Crippen LogP contribution < -0.4 is 0 Å². The van der Waals surface area contributed by atoms with E-state index < -0.39 is 0 Å². The molecule has 0 saturated heterocycles. The molecule has 1 heterocycles. The second-order valence-electron chi connectivity index (χ2n) is 2.30. The van der Waals surface area contributed by atoms with Gasteiger partial charge in [0.1, 0.15) is 12.2 Å². The summed E-state index contributed by atoms with van der Waals surface area (Å²) in [5, 5.41) is 8.29. The summed E-state index contributed by atoms with van der Waals surface area (Å²) in [6.45, 7) is 1.92. The summed E-state index contributed by atoms with van der Waals surface area (Å²) in [7, 11) is 0. The highest BCUT2D eigenvalue weighted by Gasteiger charge is 2.07. The van der Waals surface area contributed by atoms with E-state index in [2.05, 4.69) is 4.98 Å². The molecule has 0 bridgehead atoms. The lowest BCUT2D eigenvalue weighted by Gasteiger charge is -1.99. The lowest BCUT2D eigenvalue weighted by molar-refractivity contribution is 0.0916. The Morgan fingerprint density at radius 1 is 1.83 bits per heavy atom. The third-order valence-electron chi connectivity index (χ3n) is 1.53. The van der Waals surface area contributed by atoms with Gasteiger partial charge in [-0.1, -0.05) is 6.92 Å². The van der Waals surface area contributed by atoms with Crippen LogP contribution in [0.25, 0.3) is 0 Å². The van der Waals surface area contributed by atoms with Crippen LogP contribution in [0.15, 0.2) is 12.4 Å². The van der Waals surface area contributed by atoms with Crippen LogP contribution in [0.1, 0.15) is 24.0 Å². The third-order valence-corrected chi connectivity index (χ3v) is 1.53. The molecule has 0 fully saturated rings. The number of aromatic nitrogens is 2. The zero-order valence-electron chi connectivity index (χ0n) is 6.82. The molecule has 1 rings (SSSR count). The van der Waals surface area contributed by atoms with Gasteiger partial charge in [-0.2, -0.15) is 5.26 Å². The second kappa shape index (κ2) is 3.67. The van der Waals surface area contributed by atoms with E-state index in [9.17, 15) is 4.79 Å². The molecule has 1 aromatic rings. The largest absolute Gasteiger partial charge is 0.273 e. The number of nitrogens with zero attached hydrogens (tertiary/aromatic N) is 3. The average molecular weight is 163 g/mol. The summed E-state index contributed by atoms with van der Waals surface area (Å²) in [5.41, 5.74) is 0. The lowest BCUT2D eigenvalue weighted by atomic mass is 10.4. The molecule has 0 atom stereocenters. The van der Waals surface area contributed by atoms with Crippen LogP contribution in [0.3, 0.4) is 0 Å². The van der Waals surface area contributed by atoms with Crippen molar-refractivity contribution in [3.05, 3.63) is 18.2 Å². The summed E-state index contributed by atoms with van der Waals surface area (Å²) in [4.78, 5) is 15.2. The predicted octanol–water partition coefficient (Wildman–Crippen LogP) is 0.999. The predicted molar refractivity (Wildman–Crippen MR) is 42.5 cm³/mol. The first-order valence-electron chi connectivity index (χ1n) is 3.72. The van der Waals surface area contributed by atoms with E-state index in [1.807, 2.05) is 13.0 Å². The number of aryl methyl sites for hydroxylation is 1. The van der Waals surface area contributed by atoms with Gasteiger partial charge in [-0.05, 0) is 0 Å². The van der Waals surface area contributed by atoms with Crippen molar-refractivity contribution in [3.63, 3.8) is 0 Å². The van der Waals surface area contributed by atoms with Crippen LogP contribution in [-0.2, 0) is 6.42 Å². The molecule has 0 N–H and O–H groups in total. The fourth-order valence-corrected chi connectivity index (χ4v) is 0.976. The minimum absolute atomic E-state index is 0.0939. The quantitative estimate of drug-likeness (QED) is 0.653. The molecule has 0 radical (unpaired) electrons. The van der Waals surface area contributed by atoms with Gasteiger partial charge >= 0.3 is 0 Å². The number of nitriles is 1. The topological polar surface area (TPSA) is 58.7 Å². The molecular formula is C8H9N3O. The van der Waals surface area contributed by atoms with Crippen molar-refractivity contribution in [2.24, 2.45) is 0 Å².